The molecule has 3 aliphatic rings. The Bertz CT molecular complexity index is 2280. The Kier molecular flexibility index (Phi) is 8.73. The van der Waals surface area contributed by atoms with Crippen molar-refractivity contribution in [1.29, 1.82) is 0 Å². The Balaban J connectivity index is 1.07. The lowest BCUT2D eigenvalue weighted by atomic mass is 10.0. The summed E-state index contributed by atoms with van der Waals surface area (Å²) in [5.74, 6) is -0.554. The number of hydrogen-bond acceptors (Lipinski definition) is 10. The normalized spacial score (nSPS) is 22.2. The van der Waals surface area contributed by atoms with Gasteiger partial charge in [0.05, 0.1) is 10.3 Å². The second-order valence-electron chi connectivity index (χ2n) is 13.5. The number of rotatable bonds is 8. The number of aromatic nitrogens is 3. The summed E-state index contributed by atoms with van der Waals surface area (Å²) >= 11 is 6.60. The molecule has 2 N–H and O–H groups in total. The molecule has 3 saturated heterocycles. The van der Waals surface area contributed by atoms with Gasteiger partial charge in [0.2, 0.25) is 0 Å². The number of ether oxygens (including phenoxy) is 1. The fraction of sp³-hybridized carbons (Fsp3) is 0.333. The van der Waals surface area contributed by atoms with E-state index in [1.165, 1.54) is 12.1 Å². The van der Waals surface area contributed by atoms with Crippen LogP contribution in [0.3, 0.4) is 0 Å². The number of pyridine rings is 1. The minimum atomic E-state index is -4.95. The van der Waals surface area contributed by atoms with Gasteiger partial charge in [0.1, 0.15) is 23.6 Å². The topological polar surface area (TPSA) is 130 Å². The molecular weight excluding hydrogens is 700 g/mol. The smallest absolute Gasteiger partial charge is 0.332 e. The largest absolute Gasteiger partial charge is 0.462 e. The highest BCUT2D eigenvalue weighted by Crippen LogP contribution is 2.38. The van der Waals surface area contributed by atoms with Crippen molar-refractivity contribution in [3.05, 3.63) is 83.3 Å². The molecular formula is C36H34ClF2N7O4S. The molecule has 3 aliphatic heterocycles. The van der Waals surface area contributed by atoms with E-state index in [-0.39, 0.29) is 41.5 Å². The summed E-state index contributed by atoms with van der Waals surface area (Å²) in [4.78, 5) is 30.6. The third-order valence-corrected chi connectivity index (χ3v) is 11.2. The second kappa shape index (κ2) is 13.2. The molecule has 264 valence electrons. The van der Waals surface area contributed by atoms with Crippen LogP contribution in [0.15, 0.2) is 71.8 Å². The summed E-state index contributed by atoms with van der Waals surface area (Å²) in [6, 6.07) is 16.1. The highest BCUT2D eigenvalue weighted by Gasteiger charge is 2.35. The summed E-state index contributed by atoms with van der Waals surface area (Å²) in [6.07, 6.45) is 4.24. The number of likely N-dealkylation sites (N-methyl/N-ethyl adjacent to an activating group) is 1. The fourth-order valence-corrected chi connectivity index (χ4v) is 8.38. The van der Waals surface area contributed by atoms with E-state index in [1.807, 2.05) is 36.2 Å². The third kappa shape index (κ3) is 6.57. The standard InChI is InChI=1S/C36H34ClF2N7O4S/c1-45-16-24(42-35(47)21-7-2-8-26(13-21)51(39,48)49)14-25(45)19-50-36-43-33-28(34(44-36)46-17-22-11-12-23(18-46)41-22)15-40-32(31(33)38)27-9-3-5-20-6-4-10-29(37)30(20)27/h2-10,13,15,22-25,41H,11-12,14,16-19H2,1H3,(H,42,47)/t22-,23+,24-,25+/m1/s1. The maximum atomic E-state index is 16.7. The van der Waals surface area contributed by atoms with Crippen LogP contribution in [0.25, 0.3) is 32.9 Å². The van der Waals surface area contributed by atoms with Crippen molar-refractivity contribution in [3.8, 4) is 17.3 Å². The zero-order chi connectivity index (χ0) is 35.4. The number of carbonyl (C=O) groups excluding carboxylic acids is 1. The molecule has 3 aromatic carbocycles. The van der Waals surface area contributed by atoms with Crippen LogP contribution >= 0.6 is 11.6 Å². The number of amides is 1. The van der Waals surface area contributed by atoms with Crippen molar-refractivity contribution in [2.45, 2.75) is 48.3 Å². The molecule has 4 atom stereocenters. The molecule has 11 nitrogen and oxygen atoms in total. The van der Waals surface area contributed by atoms with Crippen molar-refractivity contribution in [1.82, 2.24) is 30.5 Å². The molecule has 3 fully saturated rings. The molecule has 8 rings (SSSR count). The zero-order valence-corrected chi connectivity index (χ0v) is 29.1. The van der Waals surface area contributed by atoms with Crippen LogP contribution < -0.4 is 20.3 Å². The first-order valence-corrected chi connectivity index (χ1v) is 18.5. The van der Waals surface area contributed by atoms with Gasteiger partial charge in [-0.05, 0) is 56.0 Å². The molecule has 0 saturated carbocycles. The zero-order valence-electron chi connectivity index (χ0n) is 27.5. The minimum absolute atomic E-state index is 0.0283. The van der Waals surface area contributed by atoms with E-state index >= 15 is 4.39 Å². The Labute approximate surface area is 298 Å². The van der Waals surface area contributed by atoms with Gasteiger partial charge in [0, 0.05) is 71.5 Å². The molecule has 0 spiro atoms. The number of halogens is 3. The van der Waals surface area contributed by atoms with Gasteiger partial charge in [-0.1, -0.05) is 48.0 Å². The number of nitrogens with one attached hydrogen (secondary N) is 2. The number of anilines is 1. The minimum Gasteiger partial charge on any atom is -0.462 e. The first-order valence-electron chi connectivity index (χ1n) is 16.8. The first kappa shape index (κ1) is 33.6. The fourth-order valence-electron chi connectivity index (χ4n) is 7.59. The lowest BCUT2D eigenvalue weighted by Gasteiger charge is -2.34. The number of nitrogens with zero attached hydrogens (tertiary/aromatic N) is 5. The predicted molar refractivity (Wildman–Crippen MR) is 190 cm³/mol. The highest BCUT2D eigenvalue weighted by molar-refractivity contribution is 7.86. The number of fused-ring (bicyclic) bond motifs is 4. The van der Waals surface area contributed by atoms with E-state index in [0.29, 0.717) is 65.3 Å². The van der Waals surface area contributed by atoms with Gasteiger partial charge in [-0.3, -0.25) is 14.7 Å². The summed E-state index contributed by atoms with van der Waals surface area (Å²) in [5, 5.41) is 9.07. The average molecular weight is 734 g/mol. The number of likely N-dealkylation sites (tertiary alicyclic amines) is 1. The molecule has 5 heterocycles. The van der Waals surface area contributed by atoms with Crippen molar-refractivity contribution in [2.75, 3.05) is 38.2 Å². The lowest BCUT2D eigenvalue weighted by Crippen LogP contribution is -2.51. The Morgan fingerprint density at radius 1 is 1.06 bits per heavy atom. The van der Waals surface area contributed by atoms with Gasteiger partial charge < -0.3 is 20.3 Å². The molecule has 5 aromatic rings. The summed E-state index contributed by atoms with van der Waals surface area (Å²) in [6.45, 7) is 2.06. The van der Waals surface area contributed by atoms with Crippen molar-refractivity contribution >= 4 is 55.2 Å². The molecule has 0 unspecified atom stereocenters. The summed E-state index contributed by atoms with van der Waals surface area (Å²) in [7, 11) is -3.05. The van der Waals surface area contributed by atoms with Gasteiger partial charge in [-0.25, -0.2) is 4.39 Å². The van der Waals surface area contributed by atoms with E-state index in [4.69, 9.17) is 21.3 Å². The van der Waals surface area contributed by atoms with E-state index in [0.717, 1.165) is 30.4 Å². The quantitative estimate of drug-likeness (QED) is 0.208. The van der Waals surface area contributed by atoms with Gasteiger partial charge >= 0.3 is 16.2 Å². The number of piperazine rings is 1. The van der Waals surface area contributed by atoms with Gasteiger partial charge in [0.15, 0.2) is 5.82 Å². The molecule has 15 heteroatoms. The van der Waals surface area contributed by atoms with Crippen LogP contribution in [0.4, 0.5) is 14.1 Å². The van der Waals surface area contributed by atoms with Gasteiger partial charge in [0.25, 0.3) is 5.91 Å². The lowest BCUT2D eigenvalue weighted by molar-refractivity contribution is 0.0938. The monoisotopic (exact) mass is 733 g/mol. The molecule has 1 amide bonds. The summed E-state index contributed by atoms with van der Waals surface area (Å²) < 4.78 is 59.1. The van der Waals surface area contributed by atoms with E-state index in [1.54, 1.807) is 18.3 Å². The molecule has 51 heavy (non-hydrogen) atoms. The SMILES string of the molecule is CN1C[C@H](NC(=O)c2cccc(S(=O)(=O)F)c2)C[C@H]1COc1nc(N2C[C@H]3CC[C@@H](C2)N3)c2cnc(-c3cccc4cccc(Cl)c34)c(F)c2n1. The van der Waals surface area contributed by atoms with Gasteiger partial charge in [-0.2, -0.15) is 18.4 Å². The second-order valence-corrected chi connectivity index (χ2v) is 15.2. The Hall–Kier alpha value is -4.50. The molecule has 0 aliphatic carbocycles. The molecule has 2 bridgehead atoms. The number of hydrogen-bond donors (Lipinski definition) is 2. The van der Waals surface area contributed by atoms with Crippen LogP contribution in [0, 0.1) is 5.82 Å². The van der Waals surface area contributed by atoms with Crippen molar-refractivity contribution < 1.29 is 26.2 Å². The van der Waals surface area contributed by atoms with Crippen LogP contribution in [-0.4, -0.2) is 91.6 Å². The molecule has 0 radical (unpaired) electrons. The molecule has 2 aromatic heterocycles. The third-order valence-electron chi connectivity index (χ3n) is 10.1. The van der Waals surface area contributed by atoms with Crippen LogP contribution in [-0.2, 0) is 10.2 Å². The van der Waals surface area contributed by atoms with Crippen molar-refractivity contribution in [3.63, 3.8) is 0 Å². The van der Waals surface area contributed by atoms with Gasteiger partial charge in [-0.15, -0.1) is 3.89 Å². The Morgan fingerprint density at radius 2 is 1.80 bits per heavy atom. The maximum Gasteiger partial charge on any atom is 0.332 e. The van der Waals surface area contributed by atoms with Crippen LogP contribution in [0.1, 0.15) is 29.6 Å². The predicted octanol–water partition coefficient (Wildman–Crippen LogP) is 5.12. The number of carbonyl (C=O) groups is 1. The number of benzene rings is 3. The van der Waals surface area contributed by atoms with E-state index < -0.39 is 26.8 Å². The Morgan fingerprint density at radius 3 is 2.57 bits per heavy atom. The van der Waals surface area contributed by atoms with E-state index in [2.05, 4.69) is 25.5 Å². The highest BCUT2D eigenvalue weighted by atomic mass is 35.5. The summed E-state index contributed by atoms with van der Waals surface area (Å²) in [5.41, 5.74) is 0.813. The first-order chi connectivity index (χ1) is 24.5. The van der Waals surface area contributed by atoms with E-state index in [9.17, 15) is 17.1 Å². The van der Waals surface area contributed by atoms with Crippen LogP contribution in [0.2, 0.25) is 5.02 Å². The van der Waals surface area contributed by atoms with Crippen molar-refractivity contribution in [2.24, 2.45) is 0 Å². The average Bonchev–Trinajstić information content (AvgIpc) is 3.65. The maximum absolute atomic E-state index is 16.7. The van der Waals surface area contributed by atoms with Crippen LogP contribution in [0.5, 0.6) is 6.01 Å².